The summed E-state index contributed by atoms with van der Waals surface area (Å²) >= 11 is 0. The normalized spacial score (nSPS) is 11.1. The van der Waals surface area contributed by atoms with Crippen molar-refractivity contribution in [3.8, 4) is 39.7 Å². The van der Waals surface area contributed by atoms with Gasteiger partial charge in [0.05, 0.1) is 11.3 Å². The summed E-state index contributed by atoms with van der Waals surface area (Å²) in [7, 11) is 0. The predicted molar refractivity (Wildman–Crippen MR) is 131 cm³/mol. The van der Waals surface area contributed by atoms with Gasteiger partial charge in [0, 0.05) is 6.07 Å². The molecule has 170 valence electrons. The lowest BCUT2D eigenvalue weighted by Gasteiger charge is -2.12. The van der Waals surface area contributed by atoms with E-state index in [-0.39, 0.29) is 5.56 Å². The van der Waals surface area contributed by atoms with Crippen LogP contribution >= 0.6 is 0 Å². The number of hydrogen-bond donors (Lipinski definition) is 2. The number of hydrogen-bond acceptors (Lipinski definition) is 6. The number of rotatable bonds is 6. The molecule has 0 saturated heterocycles. The first kappa shape index (κ1) is 20.5. The van der Waals surface area contributed by atoms with Gasteiger partial charge in [-0.05, 0) is 51.4 Å². The number of ether oxygens (including phenoxy) is 1. The lowest BCUT2D eigenvalue weighted by molar-refractivity contribution is 0.306. The quantitative estimate of drug-likeness (QED) is 0.386. The molecule has 0 unspecified atom stereocenters. The fourth-order valence-corrected chi connectivity index (χ4v) is 3.96. The Bertz CT molecular complexity index is 1640. The molecule has 0 aliphatic rings. The minimum Gasteiger partial charge on any atom is -0.489 e. The first-order valence-electron chi connectivity index (χ1n) is 11.0. The van der Waals surface area contributed by atoms with Gasteiger partial charge in [-0.15, -0.1) is 5.10 Å². The van der Waals surface area contributed by atoms with Crippen LogP contribution in [-0.4, -0.2) is 35.2 Å². The molecule has 0 aliphatic heterocycles. The summed E-state index contributed by atoms with van der Waals surface area (Å²) in [6.07, 6.45) is 0. The summed E-state index contributed by atoms with van der Waals surface area (Å²) in [6.45, 7) is 0.480. The maximum absolute atomic E-state index is 13.6. The number of aromatic amines is 2. The molecule has 3 heterocycles. The number of fused-ring (bicyclic) bond motifs is 1. The van der Waals surface area contributed by atoms with Crippen molar-refractivity contribution in [3.63, 3.8) is 0 Å². The number of tetrazole rings is 1. The van der Waals surface area contributed by atoms with Crippen molar-refractivity contribution in [3.05, 3.63) is 107 Å². The Morgan fingerprint density at radius 1 is 0.857 bits per heavy atom. The zero-order chi connectivity index (χ0) is 23.6. The van der Waals surface area contributed by atoms with Gasteiger partial charge in [0.15, 0.2) is 5.82 Å². The lowest BCUT2D eigenvalue weighted by Crippen LogP contribution is -2.18. The SMILES string of the molecule is O=c1c(-c2ccccc2)c(-c2ccc(OCc3ccccc3)cc2)[nH]c2cc(-c3nnn[nH]3)nn12. The first-order chi connectivity index (χ1) is 17.3. The highest BCUT2D eigenvalue weighted by atomic mass is 16.5. The second-order valence-electron chi connectivity index (χ2n) is 7.92. The summed E-state index contributed by atoms with van der Waals surface area (Å²) < 4.78 is 7.26. The van der Waals surface area contributed by atoms with Gasteiger partial charge < -0.3 is 9.72 Å². The monoisotopic (exact) mass is 461 g/mol. The molecular weight excluding hydrogens is 442 g/mol. The minimum atomic E-state index is -0.247. The Labute approximate surface area is 199 Å². The van der Waals surface area contributed by atoms with Crippen LogP contribution in [0.25, 0.3) is 39.5 Å². The number of benzene rings is 3. The highest BCUT2D eigenvalue weighted by Crippen LogP contribution is 2.30. The van der Waals surface area contributed by atoms with Crippen LogP contribution in [0.4, 0.5) is 0 Å². The van der Waals surface area contributed by atoms with Gasteiger partial charge in [0.1, 0.15) is 23.7 Å². The fourth-order valence-electron chi connectivity index (χ4n) is 3.96. The highest BCUT2D eigenvalue weighted by molar-refractivity contribution is 5.82. The van der Waals surface area contributed by atoms with Crippen molar-refractivity contribution in [2.24, 2.45) is 0 Å². The molecule has 0 radical (unpaired) electrons. The third kappa shape index (κ3) is 3.95. The molecule has 6 aromatic rings. The molecule has 6 rings (SSSR count). The Kier molecular flexibility index (Phi) is 5.12. The number of H-pyrrole nitrogens is 2. The molecule has 0 spiro atoms. The predicted octanol–water partition coefficient (Wildman–Crippen LogP) is 4.12. The van der Waals surface area contributed by atoms with E-state index < -0.39 is 0 Å². The van der Waals surface area contributed by atoms with Crippen LogP contribution in [0.2, 0.25) is 0 Å². The van der Waals surface area contributed by atoms with Crippen molar-refractivity contribution in [1.29, 1.82) is 0 Å². The van der Waals surface area contributed by atoms with Gasteiger partial charge in [-0.3, -0.25) is 4.79 Å². The maximum atomic E-state index is 13.6. The molecule has 0 amide bonds. The van der Waals surface area contributed by atoms with E-state index in [0.717, 1.165) is 22.4 Å². The molecular formula is C26H19N7O2. The van der Waals surface area contributed by atoms with E-state index in [1.165, 1.54) is 4.52 Å². The summed E-state index contributed by atoms with van der Waals surface area (Å²) in [5, 5.41) is 18.2. The molecule has 0 fully saturated rings. The molecule has 0 atom stereocenters. The van der Waals surface area contributed by atoms with Crippen LogP contribution in [0.1, 0.15) is 5.56 Å². The van der Waals surface area contributed by atoms with Crippen LogP contribution in [0.3, 0.4) is 0 Å². The zero-order valence-corrected chi connectivity index (χ0v) is 18.4. The average molecular weight is 461 g/mol. The van der Waals surface area contributed by atoms with E-state index in [1.54, 1.807) is 6.07 Å². The molecule has 0 bridgehead atoms. The Hall–Kier alpha value is -5.05. The van der Waals surface area contributed by atoms with Crippen molar-refractivity contribution >= 4 is 5.65 Å². The van der Waals surface area contributed by atoms with E-state index in [9.17, 15) is 4.79 Å². The van der Waals surface area contributed by atoms with E-state index in [4.69, 9.17) is 4.74 Å². The summed E-state index contributed by atoms with van der Waals surface area (Å²) in [5.41, 5.74) is 4.67. The summed E-state index contributed by atoms with van der Waals surface area (Å²) in [4.78, 5) is 17.0. The van der Waals surface area contributed by atoms with E-state index in [0.29, 0.717) is 35.0 Å². The van der Waals surface area contributed by atoms with Crippen LogP contribution in [0.5, 0.6) is 5.75 Å². The second-order valence-corrected chi connectivity index (χ2v) is 7.92. The molecule has 0 aliphatic carbocycles. The number of aromatic nitrogens is 7. The minimum absolute atomic E-state index is 0.247. The van der Waals surface area contributed by atoms with Crippen molar-refractivity contribution < 1.29 is 4.74 Å². The second kappa shape index (κ2) is 8.71. The molecule has 3 aromatic carbocycles. The first-order valence-corrected chi connectivity index (χ1v) is 11.0. The van der Waals surface area contributed by atoms with Crippen molar-refractivity contribution in [2.75, 3.05) is 0 Å². The molecule has 3 aromatic heterocycles. The van der Waals surface area contributed by atoms with E-state index in [2.05, 4.69) is 30.7 Å². The number of nitrogens with zero attached hydrogens (tertiary/aromatic N) is 5. The molecule has 35 heavy (non-hydrogen) atoms. The average Bonchev–Trinajstić information content (AvgIpc) is 3.59. The van der Waals surface area contributed by atoms with Crippen LogP contribution in [-0.2, 0) is 6.61 Å². The fraction of sp³-hybridized carbons (Fsp3) is 0.0385. The Morgan fingerprint density at radius 2 is 1.60 bits per heavy atom. The highest BCUT2D eigenvalue weighted by Gasteiger charge is 2.18. The molecule has 0 saturated carbocycles. The lowest BCUT2D eigenvalue weighted by atomic mass is 10.0. The van der Waals surface area contributed by atoms with Gasteiger partial charge in [-0.2, -0.15) is 9.61 Å². The zero-order valence-electron chi connectivity index (χ0n) is 18.4. The Morgan fingerprint density at radius 3 is 2.31 bits per heavy atom. The van der Waals surface area contributed by atoms with Crippen LogP contribution in [0.15, 0.2) is 95.8 Å². The largest absolute Gasteiger partial charge is 0.489 e. The Balaban J connectivity index is 1.43. The van der Waals surface area contributed by atoms with E-state index >= 15 is 0 Å². The van der Waals surface area contributed by atoms with Crippen molar-refractivity contribution in [2.45, 2.75) is 6.61 Å². The van der Waals surface area contributed by atoms with Gasteiger partial charge in [-0.25, -0.2) is 5.10 Å². The maximum Gasteiger partial charge on any atom is 0.282 e. The molecule has 9 nitrogen and oxygen atoms in total. The summed E-state index contributed by atoms with van der Waals surface area (Å²) in [5.74, 6) is 1.12. The van der Waals surface area contributed by atoms with Crippen LogP contribution in [0, 0.1) is 0 Å². The van der Waals surface area contributed by atoms with Crippen molar-refractivity contribution in [1.82, 2.24) is 35.2 Å². The smallest absolute Gasteiger partial charge is 0.282 e. The van der Waals surface area contributed by atoms with Gasteiger partial charge >= 0.3 is 0 Å². The molecule has 9 heteroatoms. The summed E-state index contributed by atoms with van der Waals surface area (Å²) in [6, 6.07) is 28.9. The van der Waals surface area contributed by atoms with Crippen LogP contribution < -0.4 is 10.3 Å². The topological polar surface area (TPSA) is 114 Å². The number of nitrogens with one attached hydrogen (secondary N) is 2. The third-order valence-electron chi connectivity index (χ3n) is 5.66. The van der Waals surface area contributed by atoms with Gasteiger partial charge in [0.25, 0.3) is 5.56 Å². The molecule has 2 N–H and O–H groups in total. The van der Waals surface area contributed by atoms with Gasteiger partial charge in [0.2, 0.25) is 0 Å². The standard InChI is InChI=1S/C26H19N7O2/c34-26-23(18-9-5-2-6-10-18)24(27-22-15-21(30-33(22)26)25-28-31-32-29-25)19-11-13-20(14-12-19)35-16-17-7-3-1-4-8-17/h1-15,27H,16H2,(H,28,29,31,32). The third-order valence-corrected chi connectivity index (χ3v) is 5.66. The van der Waals surface area contributed by atoms with Gasteiger partial charge in [-0.1, -0.05) is 60.7 Å². The van der Waals surface area contributed by atoms with E-state index in [1.807, 2.05) is 84.9 Å².